The molecule has 0 bridgehead atoms. The molecule has 0 radical (unpaired) electrons. The zero-order valence-electron chi connectivity index (χ0n) is 11.8. The highest BCUT2D eigenvalue weighted by Crippen LogP contribution is 2.46. The highest BCUT2D eigenvalue weighted by Gasteiger charge is 2.51. The highest BCUT2D eigenvalue weighted by atomic mass is 32.2. The van der Waals surface area contributed by atoms with E-state index < -0.39 is 5.41 Å². The first-order chi connectivity index (χ1) is 8.98. The van der Waals surface area contributed by atoms with E-state index in [4.69, 9.17) is 18.0 Å². The summed E-state index contributed by atoms with van der Waals surface area (Å²) in [5, 5.41) is 3.90. The van der Waals surface area contributed by atoms with Crippen LogP contribution in [-0.4, -0.2) is 27.9 Å². The van der Waals surface area contributed by atoms with Crippen LogP contribution in [0.3, 0.4) is 0 Å². The first kappa shape index (κ1) is 15.1. The minimum Gasteiger partial charge on any atom is -0.392 e. The summed E-state index contributed by atoms with van der Waals surface area (Å²) in [7, 11) is 0. The van der Waals surface area contributed by atoms with Gasteiger partial charge in [0.2, 0.25) is 5.91 Å². The Labute approximate surface area is 125 Å². The fraction of sp³-hybridized carbons (Fsp3) is 0.857. The lowest BCUT2D eigenvalue weighted by molar-refractivity contribution is -0.133. The monoisotopic (exact) mass is 300 g/mol. The molecule has 0 saturated heterocycles. The van der Waals surface area contributed by atoms with E-state index in [0.717, 1.165) is 31.4 Å². The van der Waals surface area contributed by atoms with Gasteiger partial charge in [-0.2, -0.15) is 11.8 Å². The van der Waals surface area contributed by atoms with Crippen molar-refractivity contribution in [3.8, 4) is 0 Å². The zero-order chi connectivity index (χ0) is 14.0. The first-order valence-corrected chi connectivity index (χ1v) is 8.66. The van der Waals surface area contributed by atoms with Gasteiger partial charge >= 0.3 is 0 Å². The number of carbonyl (C=O) groups excluding carboxylic acids is 1. The largest absolute Gasteiger partial charge is 0.392 e. The van der Waals surface area contributed by atoms with Crippen LogP contribution >= 0.6 is 24.0 Å². The Morgan fingerprint density at radius 2 is 2.16 bits per heavy atom. The lowest BCUT2D eigenvalue weighted by atomic mass is 9.62. The maximum Gasteiger partial charge on any atom is 0.233 e. The van der Waals surface area contributed by atoms with E-state index in [2.05, 4.69) is 19.2 Å². The molecule has 0 aromatic rings. The third kappa shape index (κ3) is 3.07. The molecule has 108 valence electrons. The summed E-state index contributed by atoms with van der Waals surface area (Å²) in [6.45, 7) is 4.33. The molecule has 0 aliphatic heterocycles. The van der Waals surface area contributed by atoms with Crippen LogP contribution in [0.25, 0.3) is 0 Å². The van der Waals surface area contributed by atoms with Gasteiger partial charge in [0.1, 0.15) is 0 Å². The Morgan fingerprint density at radius 1 is 1.47 bits per heavy atom. The molecule has 2 aliphatic rings. The molecule has 2 unspecified atom stereocenters. The number of thioether (sulfide) groups is 1. The third-order valence-corrected chi connectivity index (χ3v) is 6.05. The fourth-order valence-corrected chi connectivity index (χ4v) is 4.81. The summed E-state index contributed by atoms with van der Waals surface area (Å²) in [4.78, 5) is 12.8. The van der Waals surface area contributed by atoms with Crippen molar-refractivity contribution >= 4 is 34.9 Å². The molecule has 19 heavy (non-hydrogen) atoms. The Morgan fingerprint density at radius 3 is 2.68 bits per heavy atom. The van der Waals surface area contributed by atoms with E-state index in [-0.39, 0.29) is 5.91 Å². The molecule has 0 heterocycles. The number of hydrogen-bond acceptors (Lipinski definition) is 3. The minimum absolute atomic E-state index is 0.0743. The van der Waals surface area contributed by atoms with E-state index in [9.17, 15) is 4.79 Å². The number of amides is 1. The molecule has 5 heteroatoms. The molecular formula is C14H24N2OS2. The van der Waals surface area contributed by atoms with Gasteiger partial charge < -0.3 is 11.1 Å². The molecule has 2 aliphatic carbocycles. The van der Waals surface area contributed by atoms with Gasteiger partial charge in [0, 0.05) is 11.3 Å². The Kier molecular flexibility index (Phi) is 4.77. The van der Waals surface area contributed by atoms with Crippen LogP contribution in [0.5, 0.6) is 0 Å². The van der Waals surface area contributed by atoms with Crippen molar-refractivity contribution in [1.29, 1.82) is 0 Å². The molecule has 3 N–H and O–H groups in total. The topological polar surface area (TPSA) is 55.1 Å². The van der Waals surface area contributed by atoms with Crippen molar-refractivity contribution in [2.24, 2.45) is 17.1 Å². The van der Waals surface area contributed by atoms with E-state index >= 15 is 0 Å². The standard InChI is InChI=1S/C14H24N2OS2/c1-3-19-11-5-4-10(6-11)16-13(17)14(12(15)18)7-9(2)8-14/h9-11H,3-8H2,1-2H3,(H2,15,18)(H,16,17). The number of nitrogens with one attached hydrogen (secondary N) is 1. The Hall–Kier alpha value is -0.290. The average molecular weight is 300 g/mol. The second-order valence-electron chi connectivity index (χ2n) is 6.02. The number of rotatable bonds is 5. The molecule has 1 amide bonds. The van der Waals surface area contributed by atoms with Crippen LogP contribution in [0.15, 0.2) is 0 Å². The van der Waals surface area contributed by atoms with Gasteiger partial charge in [0.15, 0.2) is 0 Å². The first-order valence-electron chi connectivity index (χ1n) is 7.20. The van der Waals surface area contributed by atoms with Gasteiger partial charge in [0.25, 0.3) is 0 Å². The summed E-state index contributed by atoms with van der Waals surface area (Å²) < 4.78 is 0. The summed E-state index contributed by atoms with van der Waals surface area (Å²) in [5.41, 5.74) is 5.26. The number of nitrogens with two attached hydrogens (primary N) is 1. The SMILES string of the molecule is CCSC1CCC(NC(=O)C2(C(N)=S)CC(C)C2)C1. The summed E-state index contributed by atoms with van der Waals surface area (Å²) in [5.74, 6) is 1.78. The van der Waals surface area contributed by atoms with Crippen LogP contribution < -0.4 is 11.1 Å². The molecule has 2 rings (SSSR count). The fourth-order valence-electron chi connectivity index (χ4n) is 3.41. The average Bonchev–Trinajstić information content (AvgIpc) is 2.72. The Bertz CT molecular complexity index is 366. The quantitative estimate of drug-likeness (QED) is 0.766. The smallest absolute Gasteiger partial charge is 0.233 e. The molecule has 2 saturated carbocycles. The second kappa shape index (κ2) is 6.00. The van der Waals surface area contributed by atoms with Crippen LogP contribution in [0.1, 0.15) is 46.0 Å². The van der Waals surface area contributed by atoms with Crippen LogP contribution in [0, 0.1) is 11.3 Å². The second-order valence-corrected chi connectivity index (χ2v) is 8.04. The van der Waals surface area contributed by atoms with Gasteiger partial charge in [-0.15, -0.1) is 0 Å². The van der Waals surface area contributed by atoms with Crippen molar-refractivity contribution in [3.63, 3.8) is 0 Å². The number of thiocarbonyl (C=S) groups is 1. The van der Waals surface area contributed by atoms with Crippen molar-refractivity contribution < 1.29 is 4.79 Å². The summed E-state index contributed by atoms with van der Waals surface area (Å²) in [6.07, 6.45) is 5.02. The lowest BCUT2D eigenvalue weighted by Crippen LogP contribution is -2.57. The van der Waals surface area contributed by atoms with Crippen LogP contribution in [-0.2, 0) is 4.79 Å². The molecule has 2 atom stereocenters. The molecule has 3 nitrogen and oxygen atoms in total. The maximum absolute atomic E-state index is 12.5. The molecule has 0 aromatic heterocycles. The van der Waals surface area contributed by atoms with Gasteiger partial charge in [-0.3, -0.25) is 4.79 Å². The van der Waals surface area contributed by atoms with Crippen LogP contribution in [0.2, 0.25) is 0 Å². The van der Waals surface area contributed by atoms with Gasteiger partial charge in [-0.05, 0) is 43.8 Å². The van der Waals surface area contributed by atoms with Gasteiger partial charge in [0.05, 0.1) is 10.4 Å². The molecule has 2 fully saturated rings. The van der Waals surface area contributed by atoms with E-state index in [0.29, 0.717) is 22.2 Å². The predicted octanol–water partition coefficient (Wildman–Crippen LogP) is 2.48. The third-order valence-electron chi connectivity index (χ3n) is 4.42. The lowest BCUT2D eigenvalue weighted by Gasteiger charge is -2.44. The maximum atomic E-state index is 12.5. The Balaban J connectivity index is 1.89. The molecule has 0 spiro atoms. The van der Waals surface area contributed by atoms with Crippen LogP contribution in [0.4, 0.5) is 0 Å². The van der Waals surface area contributed by atoms with Crippen molar-refractivity contribution in [1.82, 2.24) is 5.32 Å². The predicted molar refractivity (Wildman–Crippen MR) is 85.3 cm³/mol. The van der Waals surface area contributed by atoms with Gasteiger partial charge in [-0.1, -0.05) is 26.1 Å². The van der Waals surface area contributed by atoms with E-state index in [1.807, 2.05) is 11.8 Å². The highest BCUT2D eigenvalue weighted by molar-refractivity contribution is 7.99. The van der Waals surface area contributed by atoms with Crippen molar-refractivity contribution in [2.75, 3.05) is 5.75 Å². The number of hydrogen-bond donors (Lipinski definition) is 2. The summed E-state index contributed by atoms with van der Waals surface area (Å²) >= 11 is 7.13. The van der Waals surface area contributed by atoms with E-state index in [1.54, 1.807) is 0 Å². The van der Waals surface area contributed by atoms with Gasteiger partial charge in [-0.25, -0.2) is 0 Å². The molecule has 0 aromatic carbocycles. The normalized spacial score (nSPS) is 37.7. The molecular weight excluding hydrogens is 276 g/mol. The summed E-state index contributed by atoms with van der Waals surface area (Å²) in [6, 6.07) is 0.318. The van der Waals surface area contributed by atoms with E-state index in [1.165, 1.54) is 6.42 Å². The van der Waals surface area contributed by atoms with Crippen molar-refractivity contribution in [2.45, 2.75) is 57.2 Å². The zero-order valence-corrected chi connectivity index (χ0v) is 13.4. The minimum atomic E-state index is -0.551. The number of carbonyl (C=O) groups is 1. The van der Waals surface area contributed by atoms with Crippen molar-refractivity contribution in [3.05, 3.63) is 0 Å².